The van der Waals surface area contributed by atoms with Crippen molar-refractivity contribution in [3.63, 3.8) is 0 Å². The summed E-state index contributed by atoms with van der Waals surface area (Å²) >= 11 is 0. The zero-order valence-corrected chi connectivity index (χ0v) is 14.5. The van der Waals surface area contributed by atoms with Crippen molar-refractivity contribution in [3.05, 3.63) is 23.8 Å². The smallest absolute Gasteiger partial charge is 0.253 e. The van der Waals surface area contributed by atoms with Gasteiger partial charge in [-0.2, -0.15) is 0 Å². The van der Waals surface area contributed by atoms with Crippen LogP contribution >= 0.6 is 0 Å². The minimum Gasteiger partial charge on any atom is -0.495 e. The molecule has 6 nitrogen and oxygen atoms in total. The van der Waals surface area contributed by atoms with Crippen molar-refractivity contribution in [1.82, 2.24) is 4.90 Å². The van der Waals surface area contributed by atoms with E-state index in [1.54, 1.807) is 25.1 Å². The van der Waals surface area contributed by atoms with Gasteiger partial charge in [-0.15, -0.1) is 0 Å². The van der Waals surface area contributed by atoms with Gasteiger partial charge in [0.25, 0.3) is 5.91 Å². The predicted molar refractivity (Wildman–Crippen MR) is 94.2 cm³/mol. The van der Waals surface area contributed by atoms with Crippen LogP contribution in [0.5, 0.6) is 5.75 Å². The Kier molecular flexibility index (Phi) is 6.61. The molecule has 0 radical (unpaired) electrons. The third-order valence-corrected chi connectivity index (χ3v) is 4.40. The van der Waals surface area contributed by atoms with E-state index < -0.39 is 0 Å². The molecule has 2 rings (SSSR count). The number of carbonyl (C=O) groups excluding carboxylic acids is 2. The molecule has 1 atom stereocenters. The molecule has 1 aliphatic rings. The van der Waals surface area contributed by atoms with Gasteiger partial charge in [0, 0.05) is 31.1 Å². The summed E-state index contributed by atoms with van der Waals surface area (Å²) < 4.78 is 5.29. The molecule has 0 bridgehead atoms. The quantitative estimate of drug-likeness (QED) is 0.865. The van der Waals surface area contributed by atoms with Crippen LogP contribution in [-0.2, 0) is 4.79 Å². The first kappa shape index (κ1) is 18.3. The lowest BCUT2D eigenvalue weighted by molar-refractivity contribution is -0.119. The lowest BCUT2D eigenvalue weighted by Crippen LogP contribution is -2.32. The van der Waals surface area contributed by atoms with Gasteiger partial charge in [-0.05, 0) is 31.0 Å². The maximum absolute atomic E-state index is 12.7. The molecule has 24 heavy (non-hydrogen) atoms. The van der Waals surface area contributed by atoms with E-state index >= 15 is 0 Å². The normalized spacial score (nSPS) is 16.2. The second kappa shape index (κ2) is 8.68. The Labute approximate surface area is 143 Å². The second-order valence-corrected chi connectivity index (χ2v) is 6.25. The number of ether oxygens (including phenoxy) is 1. The number of rotatable bonds is 5. The van der Waals surface area contributed by atoms with Gasteiger partial charge in [0.1, 0.15) is 5.75 Å². The van der Waals surface area contributed by atoms with Crippen LogP contribution in [-0.4, -0.2) is 43.5 Å². The maximum Gasteiger partial charge on any atom is 0.253 e. The van der Waals surface area contributed by atoms with E-state index in [1.165, 1.54) is 20.0 Å². The maximum atomic E-state index is 12.7. The molecule has 1 aromatic rings. The molecule has 1 aromatic carbocycles. The predicted octanol–water partition coefficient (Wildman–Crippen LogP) is 2.24. The number of anilines is 1. The second-order valence-electron chi connectivity index (χ2n) is 6.25. The Hall–Kier alpha value is -2.08. The summed E-state index contributed by atoms with van der Waals surface area (Å²) in [6.07, 6.45) is 4.42. The van der Waals surface area contributed by atoms with Gasteiger partial charge in [-0.3, -0.25) is 9.59 Å². The first-order valence-corrected chi connectivity index (χ1v) is 8.55. The molecule has 1 unspecified atom stereocenters. The Bertz CT molecular complexity index is 581. The monoisotopic (exact) mass is 333 g/mol. The third-order valence-electron chi connectivity index (χ3n) is 4.40. The Morgan fingerprint density at radius 3 is 2.50 bits per heavy atom. The van der Waals surface area contributed by atoms with Crippen molar-refractivity contribution in [2.75, 3.05) is 32.1 Å². The number of hydrogen-bond acceptors (Lipinski definition) is 4. The number of benzene rings is 1. The lowest BCUT2D eigenvalue weighted by atomic mass is 10.1. The molecule has 132 valence electrons. The Morgan fingerprint density at radius 1 is 1.25 bits per heavy atom. The fourth-order valence-electron chi connectivity index (χ4n) is 2.76. The van der Waals surface area contributed by atoms with E-state index in [2.05, 4.69) is 5.32 Å². The molecule has 0 aromatic heterocycles. The molecule has 0 aliphatic carbocycles. The van der Waals surface area contributed by atoms with Crippen molar-refractivity contribution >= 4 is 17.5 Å². The number of methoxy groups -OCH3 is 1. The highest BCUT2D eigenvalue weighted by Gasteiger charge is 2.20. The van der Waals surface area contributed by atoms with Crippen molar-refractivity contribution in [3.8, 4) is 5.75 Å². The molecule has 1 saturated heterocycles. The van der Waals surface area contributed by atoms with Gasteiger partial charge >= 0.3 is 0 Å². The van der Waals surface area contributed by atoms with Gasteiger partial charge in [-0.25, -0.2) is 0 Å². The van der Waals surface area contributed by atoms with Gasteiger partial charge in [0.05, 0.1) is 12.8 Å². The Balaban J connectivity index is 2.20. The van der Waals surface area contributed by atoms with E-state index in [-0.39, 0.29) is 24.3 Å². The third kappa shape index (κ3) is 4.47. The van der Waals surface area contributed by atoms with Crippen LogP contribution in [0.4, 0.5) is 5.69 Å². The molecule has 0 saturated carbocycles. The zero-order valence-electron chi connectivity index (χ0n) is 14.5. The minimum atomic E-state index is -0.306. The highest BCUT2D eigenvalue weighted by atomic mass is 16.5. The van der Waals surface area contributed by atoms with Crippen LogP contribution in [0.15, 0.2) is 18.2 Å². The molecular weight excluding hydrogens is 306 g/mol. The van der Waals surface area contributed by atoms with Gasteiger partial charge < -0.3 is 20.7 Å². The van der Waals surface area contributed by atoms with E-state index in [4.69, 9.17) is 10.5 Å². The highest BCUT2D eigenvalue weighted by molar-refractivity contribution is 5.99. The van der Waals surface area contributed by atoms with Crippen molar-refractivity contribution in [2.45, 2.75) is 32.6 Å². The molecule has 2 amide bonds. The van der Waals surface area contributed by atoms with Crippen LogP contribution in [0, 0.1) is 5.92 Å². The lowest BCUT2D eigenvalue weighted by Gasteiger charge is -2.21. The molecule has 1 heterocycles. The van der Waals surface area contributed by atoms with Crippen LogP contribution in [0.2, 0.25) is 0 Å². The van der Waals surface area contributed by atoms with E-state index in [0.717, 1.165) is 25.9 Å². The molecule has 6 heteroatoms. The van der Waals surface area contributed by atoms with E-state index in [9.17, 15) is 9.59 Å². The molecule has 1 aliphatic heterocycles. The van der Waals surface area contributed by atoms with Crippen LogP contribution in [0.3, 0.4) is 0 Å². The summed E-state index contributed by atoms with van der Waals surface area (Å²) in [4.78, 5) is 26.7. The number of nitrogens with one attached hydrogen (secondary N) is 1. The van der Waals surface area contributed by atoms with Gasteiger partial charge in [-0.1, -0.05) is 19.8 Å². The van der Waals surface area contributed by atoms with Gasteiger partial charge in [0.2, 0.25) is 5.91 Å². The van der Waals surface area contributed by atoms with Crippen LogP contribution < -0.4 is 15.8 Å². The van der Waals surface area contributed by atoms with Crippen LogP contribution in [0.1, 0.15) is 43.0 Å². The summed E-state index contributed by atoms with van der Waals surface area (Å²) in [6.45, 7) is 3.60. The summed E-state index contributed by atoms with van der Waals surface area (Å²) in [5, 5.41) is 2.81. The number of nitrogens with two attached hydrogens (primary N) is 1. The molecule has 0 spiro atoms. The summed E-state index contributed by atoms with van der Waals surface area (Å²) in [5.41, 5.74) is 6.60. The number of carbonyl (C=O) groups is 2. The number of nitrogens with zero attached hydrogens (tertiary/aromatic N) is 1. The average molecular weight is 333 g/mol. The fraction of sp³-hybridized carbons (Fsp3) is 0.556. The summed E-state index contributed by atoms with van der Waals surface area (Å²) in [6, 6.07) is 5.15. The SMILES string of the molecule is COc1ccc(C(=O)N2CCCCCC2)cc1NC(=O)C(C)CN. The number of likely N-dealkylation sites (tertiary alicyclic amines) is 1. The average Bonchev–Trinajstić information content (AvgIpc) is 2.89. The van der Waals surface area contributed by atoms with Crippen molar-refractivity contribution in [2.24, 2.45) is 11.7 Å². The highest BCUT2D eigenvalue weighted by Crippen LogP contribution is 2.27. The topological polar surface area (TPSA) is 84.7 Å². The largest absolute Gasteiger partial charge is 0.495 e. The zero-order chi connectivity index (χ0) is 17.5. The standard InChI is InChI=1S/C18H27N3O3/c1-13(12-19)17(22)20-15-11-14(7-8-16(15)24-2)18(23)21-9-5-3-4-6-10-21/h7-8,11,13H,3-6,9-10,12,19H2,1-2H3,(H,20,22). The molecule has 1 fully saturated rings. The number of amides is 2. The number of hydrogen-bond donors (Lipinski definition) is 2. The summed E-state index contributed by atoms with van der Waals surface area (Å²) in [5.74, 6) is 0.0387. The minimum absolute atomic E-state index is 0.00178. The first-order valence-electron chi connectivity index (χ1n) is 8.55. The van der Waals surface area contributed by atoms with E-state index in [0.29, 0.717) is 17.0 Å². The molecular formula is C18H27N3O3. The van der Waals surface area contributed by atoms with E-state index in [1.807, 2.05) is 4.90 Å². The fourth-order valence-corrected chi connectivity index (χ4v) is 2.76. The van der Waals surface area contributed by atoms with Crippen molar-refractivity contribution in [1.29, 1.82) is 0 Å². The van der Waals surface area contributed by atoms with Crippen LogP contribution in [0.25, 0.3) is 0 Å². The van der Waals surface area contributed by atoms with Crippen molar-refractivity contribution < 1.29 is 14.3 Å². The first-order chi connectivity index (χ1) is 11.6. The Morgan fingerprint density at radius 2 is 1.92 bits per heavy atom. The van der Waals surface area contributed by atoms with Gasteiger partial charge in [0.15, 0.2) is 0 Å². The summed E-state index contributed by atoms with van der Waals surface area (Å²) in [7, 11) is 1.54. The molecule has 3 N–H and O–H groups in total.